The lowest BCUT2D eigenvalue weighted by Gasteiger charge is -2.49. The van der Waals surface area contributed by atoms with Gasteiger partial charge in [0.2, 0.25) is 5.88 Å². The van der Waals surface area contributed by atoms with Crippen LogP contribution in [0.3, 0.4) is 0 Å². The van der Waals surface area contributed by atoms with Crippen LogP contribution in [-0.4, -0.2) is 52.3 Å². The second-order valence-electron chi connectivity index (χ2n) is 10.9. The highest BCUT2D eigenvalue weighted by atomic mass is 32.3. The molecule has 0 bridgehead atoms. The van der Waals surface area contributed by atoms with Crippen molar-refractivity contribution in [1.29, 1.82) is 0 Å². The van der Waals surface area contributed by atoms with Gasteiger partial charge in [0.1, 0.15) is 12.1 Å². The van der Waals surface area contributed by atoms with E-state index < -0.39 is 12.4 Å². The fraction of sp³-hybridized carbons (Fsp3) is 0.594. The van der Waals surface area contributed by atoms with Crippen LogP contribution in [0, 0.1) is 25.6 Å². The summed E-state index contributed by atoms with van der Waals surface area (Å²) in [6, 6.07) is 7.15. The molecule has 2 aliphatic heterocycles. The number of rotatable bonds is 6. The smallest absolute Gasteiger partial charge is 0.388 e. The van der Waals surface area contributed by atoms with Gasteiger partial charge in [-0.2, -0.15) is 8.78 Å². The number of hydrogen-bond donors (Lipinski definition) is 1. The van der Waals surface area contributed by atoms with Crippen molar-refractivity contribution in [2.45, 2.75) is 94.2 Å². The van der Waals surface area contributed by atoms with E-state index in [4.69, 9.17) is 4.79 Å². The molecule has 2 aliphatic rings. The zero-order valence-electron chi connectivity index (χ0n) is 26.6. The van der Waals surface area contributed by atoms with Crippen molar-refractivity contribution in [2.24, 2.45) is 5.92 Å². The maximum absolute atomic E-state index is 13.0. The van der Waals surface area contributed by atoms with Crippen LogP contribution in [0.25, 0.3) is 0 Å². The highest BCUT2D eigenvalue weighted by molar-refractivity contribution is 8.40. The molecule has 4 rings (SSSR count). The molecule has 0 radical (unpaired) electrons. The van der Waals surface area contributed by atoms with Gasteiger partial charge >= 0.3 is 6.61 Å². The summed E-state index contributed by atoms with van der Waals surface area (Å²) >= 11 is 0. The summed E-state index contributed by atoms with van der Waals surface area (Å²) < 4.78 is 40.6. The molecule has 41 heavy (non-hydrogen) atoms. The summed E-state index contributed by atoms with van der Waals surface area (Å²) in [5, 5.41) is 3.23. The van der Waals surface area contributed by atoms with Crippen LogP contribution in [-0.2, 0) is 11.2 Å². The summed E-state index contributed by atoms with van der Waals surface area (Å²) in [4.78, 5) is 24.4. The molecule has 0 saturated carbocycles. The van der Waals surface area contributed by atoms with Crippen LogP contribution in [0.2, 0.25) is 0 Å². The Kier molecular flexibility index (Phi) is 17.6. The third kappa shape index (κ3) is 14.8. The lowest BCUT2D eigenvalue weighted by atomic mass is 10.0. The van der Waals surface area contributed by atoms with Crippen molar-refractivity contribution in [3.63, 3.8) is 0 Å². The predicted octanol–water partition coefficient (Wildman–Crippen LogP) is 8.29. The lowest BCUT2D eigenvalue weighted by Crippen LogP contribution is -2.58. The van der Waals surface area contributed by atoms with Gasteiger partial charge < -0.3 is 14.8 Å². The van der Waals surface area contributed by atoms with Crippen LogP contribution in [0.4, 0.5) is 13.2 Å². The van der Waals surface area contributed by atoms with E-state index in [0.29, 0.717) is 12.0 Å². The minimum absolute atomic E-state index is 0.0711. The molecular formula is C32H51F3N2O3S. The van der Waals surface area contributed by atoms with Crippen LogP contribution < -0.4 is 10.1 Å². The molecule has 1 aromatic heterocycles. The molecule has 2 aromatic rings. The van der Waals surface area contributed by atoms with Crippen molar-refractivity contribution >= 4 is 22.2 Å². The number of aryl methyl sites for hydroxylation is 3. The minimum atomic E-state index is -2.93. The van der Waals surface area contributed by atoms with E-state index in [2.05, 4.69) is 56.6 Å². The Labute approximate surface area is 247 Å². The third-order valence-electron chi connectivity index (χ3n) is 5.85. The molecule has 0 unspecified atom stereocenters. The number of aldehydes is 1. The van der Waals surface area contributed by atoms with Crippen LogP contribution in [0.5, 0.6) is 5.88 Å². The standard InChI is InChI=1S/C15H21NOS.C9H10F3NO.C4H10.C2H4O.C2H6/c1-11-4-5-13(8-12(11)2)14(17)16-15(3)9-18(10-15)6-7-18;1-2-3-6-4-8(14-9(11)12)13-5-7(6)10;1-4(2)3;1-2-3;1-2/h4-5,8H,6-7,9-10H2,1-3H3,(H,16,17);4-5,9H,2-3H2,1H3;4H,1-3H3;2H,1H3;1-2H3. The van der Waals surface area contributed by atoms with Crippen molar-refractivity contribution in [1.82, 2.24) is 10.3 Å². The zero-order chi connectivity index (χ0) is 31.8. The van der Waals surface area contributed by atoms with Gasteiger partial charge in [0, 0.05) is 23.1 Å². The van der Waals surface area contributed by atoms with Crippen LogP contribution in [0.15, 0.2) is 30.5 Å². The van der Waals surface area contributed by atoms with Crippen LogP contribution in [0.1, 0.15) is 88.9 Å². The number of nitrogens with zero attached hydrogens (tertiary/aromatic N) is 1. The zero-order valence-corrected chi connectivity index (χ0v) is 27.4. The van der Waals surface area contributed by atoms with Gasteiger partial charge in [-0.25, -0.2) is 19.4 Å². The number of ether oxygens (including phenoxy) is 1. The molecular weight excluding hydrogens is 549 g/mol. The normalized spacial score (nSPS) is 15.6. The van der Waals surface area contributed by atoms with Gasteiger partial charge in [0.15, 0.2) is 0 Å². The number of carbonyl (C=O) groups excluding carboxylic acids is 2. The van der Waals surface area contributed by atoms with E-state index >= 15 is 0 Å². The molecule has 5 nitrogen and oxygen atoms in total. The average Bonchev–Trinajstić information content (AvgIpc) is 3.64. The highest BCUT2D eigenvalue weighted by Crippen LogP contribution is 2.71. The first-order valence-corrected chi connectivity index (χ1v) is 16.6. The Morgan fingerprint density at radius 2 is 1.66 bits per heavy atom. The minimum Gasteiger partial charge on any atom is -0.417 e. The lowest BCUT2D eigenvalue weighted by molar-refractivity contribution is -0.106. The molecule has 234 valence electrons. The number of hydrogen-bond acceptors (Lipinski definition) is 4. The van der Waals surface area contributed by atoms with Crippen molar-refractivity contribution in [2.75, 3.05) is 23.0 Å². The molecule has 1 N–H and O–H groups in total. The maximum atomic E-state index is 13.0. The summed E-state index contributed by atoms with van der Waals surface area (Å²) in [6.45, 7) is 17.2. The first-order valence-electron chi connectivity index (χ1n) is 14.3. The molecule has 1 amide bonds. The predicted molar refractivity (Wildman–Crippen MR) is 167 cm³/mol. The Balaban J connectivity index is 0.000000619. The van der Waals surface area contributed by atoms with Crippen LogP contribution >= 0.6 is 10.0 Å². The molecule has 9 heteroatoms. The molecule has 2 saturated heterocycles. The number of alkyl halides is 2. The molecule has 2 fully saturated rings. The number of pyridine rings is 1. The average molecular weight is 601 g/mol. The number of halogens is 3. The van der Waals surface area contributed by atoms with Gasteiger partial charge in [-0.05, 0) is 80.4 Å². The number of carbonyl (C=O) groups is 2. The Morgan fingerprint density at radius 3 is 2.10 bits per heavy atom. The van der Waals surface area contributed by atoms with Gasteiger partial charge in [0.05, 0.1) is 11.7 Å². The largest absolute Gasteiger partial charge is 0.417 e. The quantitative estimate of drug-likeness (QED) is 0.268. The Morgan fingerprint density at radius 1 is 1.12 bits per heavy atom. The molecule has 0 aliphatic carbocycles. The van der Waals surface area contributed by atoms with E-state index in [1.165, 1.54) is 47.1 Å². The van der Waals surface area contributed by atoms with E-state index in [1.807, 2.05) is 39.0 Å². The third-order valence-corrected chi connectivity index (χ3v) is 9.92. The summed E-state index contributed by atoms with van der Waals surface area (Å²) in [5.74, 6) is 5.57. The number of amides is 1. The van der Waals surface area contributed by atoms with E-state index in [-0.39, 0.29) is 27.4 Å². The number of aromatic nitrogens is 1. The summed E-state index contributed by atoms with van der Waals surface area (Å²) in [6.07, 6.45) is 2.85. The first kappa shape index (κ1) is 38.5. The SMILES string of the molecule is CC.CC(C)C.CC=O.CCCc1cc(OC(F)F)ncc1F.Cc1ccc(C(=O)NC2(C)CS3(CC3)C2)cc1C. The van der Waals surface area contributed by atoms with Crippen molar-refractivity contribution < 1.29 is 27.5 Å². The Bertz CT molecular complexity index is 1070. The van der Waals surface area contributed by atoms with Gasteiger partial charge in [-0.3, -0.25) is 4.79 Å². The number of nitrogens with one attached hydrogen (secondary N) is 1. The highest BCUT2D eigenvalue weighted by Gasteiger charge is 2.55. The molecule has 1 aromatic carbocycles. The second-order valence-corrected chi connectivity index (χ2v) is 14.8. The molecule has 0 atom stereocenters. The Hall–Kier alpha value is -2.55. The van der Waals surface area contributed by atoms with Crippen molar-refractivity contribution in [3.05, 3.63) is 58.5 Å². The molecule has 1 spiro atoms. The first-order chi connectivity index (χ1) is 19.2. The fourth-order valence-corrected chi connectivity index (χ4v) is 8.38. The van der Waals surface area contributed by atoms with Gasteiger partial charge in [-0.1, -0.05) is 54.0 Å². The molecule has 3 heterocycles. The van der Waals surface area contributed by atoms with Gasteiger partial charge in [-0.15, -0.1) is 0 Å². The van der Waals surface area contributed by atoms with E-state index in [0.717, 1.165) is 30.4 Å². The van der Waals surface area contributed by atoms with E-state index in [1.54, 1.807) is 0 Å². The topological polar surface area (TPSA) is 68.3 Å². The monoisotopic (exact) mass is 600 g/mol. The van der Waals surface area contributed by atoms with Gasteiger partial charge in [0.25, 0.3) is 5.91 Å². The second kappa shape index (κ2) is 18.8. The number of benzene rings is 1. The maximum Gasteiger partial charge on any atom is 0.388 e. The summed E-state index contributed by atoms with van der Waals surface area (Å²) in [7, 11) is -0.197. The van der Waals surface area contributed by atoms with E-state index in [9.17, 15) is 18.0 Å². The summed E-state index contributed by atoms with van der Waals surface area (Å²) in [5.41, 5.74) is 3.64. The van der Waals surface area contributed by atoms with Crippen molar-refractivity contribution in [3.8, 4) is 5.88 Å². The fourth-order valence-electron chi connectivity index (χ4n) is 4.09.